The predicted molar refractivity (Wildman–Crippen MR) is 67.5 cm³/mol. The van der Waals surface area contributed by atoms with Gasteiger partial charge in [-0.3, -0.25) is 0 Å². The highest BCUT2D eigenvalue weighted by Crippen LogP contribution is 2.30. The highest BCUT2D eigenvalue weighted by atomic mass is 32.2. The van der Waals surface area contributed by atoms with Gasteiger partial charge in [0, 0.05) is 0 Å². The monoisotopic (exact) mass is 268 g/mol. The highest BCUT2D eigenvalue weighted by molar-refractivity contribution is 7.91. The molecule has 1 aromatic rings. The summed E-state index contributed by atoms with van der Waals surface area (Å²) >= 11 is 0. The van der Waals surface area contributed by atoms with E-state index in [1.54, 1.807) is 13.0 Å². The maximum atomic E-state index is 12.2. The van der Waals surface area contributed by atoms with Crippen LogP contribution >= 0.6 is 0 Å². The summed E-state index contributed by atoms with van der Waals surface area (Å²) in [5, 5.41) is 8.91. The maximum absolute atomic E-state index is 12.2. The third-order valence-corrected chi connectivity index (χ3v) is 5.47. The zero-order valence-corrected chi connectivity index (χ0v) is 11.0. The second kappa shape index (κ2) is 4.72. The van der Waals surface area contributed by atoms with Crippen LogP contribution in [0.25, 0.3) is 0 Å². The van der Waals surface area contributed by atoms with Crippen molar-refractivity contribution in [1.82, 2.24) is 0 Å². The van der Waals surface area contributed by atoms with Crippen molar-refractivity contribution in [1.29, 1.82) is 0 Å². The fourth-order valence-corrected chi connectivity index (χ4v) is 4.13. The van der Waals surface area contributed by atoms with Crippen molar-refractivity contribution in [3.63, 3.8) is 0 Å². The molecule has 0 amide bonds. The lowest BCUT2D eigenvalue weighted by molar-refractivity contribution is 0.0696. The van der Waals surface area contributed by atoms with E-state index in [2.05, 4.69) is 0 Å². The normalized spacial score (nSPS) is 16.3. The van der Waals surface area contributed by atoms with E-state index in [4.69, 9.17) is 5.11 Å². The van der Waals surface area contributed by atoms with E-state index in [1.165, 1.54) is 12.1 Å². The van der Waals surface area contributed by atoms with Gasteiger partial charge in [-0.25, -0.2) is 13.2 Å². The number of carboxylic acids is 1. The molecule has 1 aliphatic carbocycles. The smallest absolute Gasteiger partial charge is 0.335 e. The third kappa shape index (κ3) is 2.56. The molecule has 0 saturated heterocycles. The van der Waals surface area contributed by atoms with Crippen LogP contribution < -0.4 is 0 Å². The molecule has 2 rings (SSSR count). The lowest BCUT2D eigenvalue weighted by Crippen LogP contribution is -2.23. The van der Waals surface area contributed by atoms with Crippen molar-refractivity contribution in [3.05, 3.63) is 29.3 Å². The summed E-state index contributed by atoms with van der Waals surface area (Å²) in [5.74, 6) is -0.727. The minimum Gasteiger partial charge on any atom is -0.478 e. The molecule has 1 aromatic carbocycles. The topological polar surface area (TPSA) is 71.4 Å². The summed E-state index contributed by atoms with van der Waals surface area (Å²) in [7, 11) is -3.37. The zero-order chi connectivity index (χ0) is 13.3. The van der Waals surface area contributed by atoms with Gasteiger partial charge in [0.1, 0.15) is 0 Å². The quantitative estimate of drug-likeness (QED) is 0.909. The minimum atomic E-state index is -3.37. The first-order valence-corrected chi connectivity index (χ1v) is 7.62. The van der Waals surface area contributed by atoms with Gasteiger partial charge < -0.3 is 5.11 Å². The van der Waals surface area contributed by atoms with Crippen LogP contribution in [-0.2, 0) is 9.84 Å². The van der Waals surface area contributed by atoms with Gasteiger partial charge >= 0.3 is 5.97 Å². The molecule has 0 heterocycles. The van der Waals surface area contributed by atoms with E-state index < -0.39 is 15.8 Å². The Balaban J connectivity index is 2.35. The number of aryl methyl sites for hydroxylation is 1. The Labute approximate surface area is 107 Å². The molecule has 0 aliphatic heterocycles. The van der Waals surface area contributed by atoms with Gasteiger partial charge in [0.15, 0.2) is 9.84 Å². The summed E-state index contributed by atoms with van der Waals surface area (Å²) in [5.41, 5.74) is 0.632. The number of rotatable bonds is 4. The van der Waals surface area contributed by atoms with Gasteiger partial charge in [-0.15, -0.1) is 0 Å². The number of hydrogen-bond donors (Lipinski definition) is 1. The molecule has 0 atom stereocenters. The first-order chi connectivity index (χ1) is 8.40. The van der Waals surface area contributed by atoms with Gasteiger partial charge in [0.25, 0.3) is 0 Å². The first kappa shape index (κ1) is 13.1. The van der Waals surface area contributed by atoms with Crippen molar-refractivity contribution in [2.45, 2.75) is 31.1 Å². The van der Waals surface area contributed by atoms with Crippen LogP contribution in [0.5, 0.6) is 0 Å². The molecule has 0 spiro atoms. The highest BCUT2D eigenvalue weighted by Gasteiger charge is 2.27. The lowest BCUT2D eigenvalue weighted by Gasteiger charge is -2.25. The van der Waals surface area contributed by atoms with Crippen LogP contribution in [-0.4, -0.2) is 25.2 Å². The molecule has 0 unspecified atom stereocenters. The zero-order valence-electron chi connectivity index (χ0n) is 10.2. The van der Waals surface area contributed by atoms with Crippen LogP contribution in [0.3, 0.4) is 0 Å². The molecule has 4 nitrogen and oxygen atoms in total. The largest absolute Gasteiger partial charge is 0.478 e. The molecule has 0 aromatic heterocycles. The minimum absolute atomic E-state index is 0.0211. The molecule has 1 N–H and O–H groups in total. The van der Waals surface area contributed by atoms with E-state index in [0.29, 0.717) is 5.56 Å². The van der Waals surface area contributed by atoms with Gasteiger partial charge in [-0.1, -0.05) is 12.5 Å². The molecule has 0 radical (unpaired) electrons. The molecule has 1 saturated carbocycles. The summed E-state index contributed by atoms with van der Waals surface area (Å²) in [6.45, 7) is 1.69. The van der Waals surface area contributed by atoms with Gasteiger partial charge in [-0.2, -0.15) is 0 Å². The van der Waals surface area contributed by atoms with E-state index in [-0.39, 0.29) is 22.1 Å². The average Bonchev–Trinajstić information content (AvgIpc) is 2.24. The van der Waals surface area contributed by atoms with Crippen molar-refractivity contribution in [3.8, 4) is 0 Å². The Kier molecular flexibility index (Phi) is 3.43. The van der Waals surface area contributed by atoms with E-state index in [1.807, 2.05) is 0 Å². The standard InChI is InChI=1S/C13H16O4S/c1-9-5-6-11(13(14)15)7-12(9)18(16,17)8-10-3-2-4-10/h5-7,10H,2-4,8H2,1H3,(H,14,15). The van der Waals surface area contributed by atoms with E-state index >= 15 is 0 Å². The fraction of sp³-hybridized carbons (Fsp3) is 0.462. The summed E-state index contributed by atoms with van der Waals surface area (Å²) in [4.78, 5) is 11.0. The van der Waals surface area contributed by atoms with Gasteiger partial charge in [-0.05, 0) is 43.4 Å². The van der Waals surface area contributed by atoms with Crippen molar-refractivity contribution < 1.29 is 18.3 Å². The number of hydrogen-bond acceptors (Lipinski definition) is 3. The molecule has 18 heavy (non-hydrogen) atoms. The third-order valence-electron chi connectivity index (χ3n) is 3.45. The number of carbonyl (C=O) groups is 1. The first-order valence-electron chi connectivity index (χ1n) is 5.97. The molecular formula is C13H16O4S. The van der Waals surface area contributed by atoms with E-state index in [0.717, 1.165) is 19.3 Å². The number of sulfone groups is 1. The van der Waals surface area contributed by atoms with Crippen molar-refractivity contribution in [2.75, 3.05) is 5.75 Å². The Bertz CT molecular complexity index is 571. The Hall–Kier alpha value is -1.36. The second-order valence-electron chi connectivity index (χ2n) is 4.86. The van der Waals surface area contributed by atoms with Gasteiger partial charge in [0.05, 0.1) is 16.2 Å². The molecule has 1 aliphatic rings. The number of aromatic carboxylic acids is 1. The van der Waals surface area contributed by atoms with E-state index in [9.17, 15) is 13.2 Å². The molecular weight excluding hydrogens is 252 g/mol. The Morgan fingerprint density at radius 2 is 2.06 bits per heavy atom. The molecule has 98 valence electrons. The summed E-state index contributed by atoms with van der Waals surface area (Å²) < 4.78 is 24.5. The Morgan fingerprint density at radius 3 is 2.56 bits per heavy atom. The van der Waals surface area contributed by atoms with Crippen molar-refractivity contribution in [2.24, 2.45) is 5.92 Å². The second-order valence-corrected chi connectivity index (χ2v) is 6.87. The maximum Gasteiger partial charge on any atom is 0.335 e. The molecule has 0 bridgehead atoms. The molecule has 5 heteroatoms. The summed E-state index contributed by atoms with van der Waals surface area (Å²) in [6.07, 6.45) is 3.00. The van der Waals surface area contributed by atoms with Gasteiger partial charge in [0.2, 0.25) is 0 Å². The van der Waals surface area contributed by atoms with Crippen LogP contribution in [0.4, 0.5) is 0 Å². The summed E-state index contributed by atoms with van der Waals surface area (Å²) in [6, 6.07) is 4.25. The number of carboxylic acid groups (broad SMARTS) is 1. The number of benzene rings is 1. The average molecular weight is 268 g/mol. The van der Waals surface area contributed by atoms with Crippen molar-refractivity contribution >= 4 is 15.8 Å². The SMILES string of the molecule is Cc1ccc(C(=O)O)cc1S(=O)(=O)CC1CCC1. The fourth-order valence-electron chi connectivity index (χ4n) is 2.13. The van der Waals surface area contributed by atoms with Crippen LogP contribution in [0, 0.1) is 12.8 Å². The van der Waals surface area contributed by atoms with Crippen LogP contribution in [0.1, 0.15) is 35.2 Å². The van der Waals surface area contributed by atoms with Crippen LogP contribution in [0.2, 0.25) is 0 Å². The lowest BCUT2D eigenvalue weighted by atomic mass is 9.87. The Morgan fingerprint density at radius 1 is 1.39 bits per heavy atom. The molecule has 1 fully saturated rings. The van der Waals surface area contributed by atoms with Crippen LogP contribution in [0.15, 0.2) is 23.1 Å². The predicted octanol–water partition coefficient (Wildman–Crippen LogP) is 2.27.